The quantitative estimate of drug-likeness (QED) is 0.873. The third-order valence-corrected chi connectivity index (χ3v) is 3.40. The lowest BCUT2D eigenvalue weighted by Crippen LogP contribution is -2.31. The zero-order chi connectivity index (χ0) is 17.7. The van der Waals surface area contributed by atoms with E-state index >= 15 is 0 Å². The number of carbonyl (C=O) groups excluding carboxylic acids is 1. The smallest absolute Gasteiger partial charge is 0.323 e. The number of methoxy groups -OCH3 is 3. The maximum atomic E-state index is 12.2. The lowest BCUT2D eigenvalue weighted by molar-refractivity contribution is 0.219. The van der Waals surface area contributed by atoms with Crippen LogP contribution in [0.1, 0.15) is 11.3 Å². The van der Waals surface area contributed by atoms with E-state index in [4.69, 9.17) is 18.7 Å². The molecule has 0 bridgehead atoms. The highest BCUT2D eigenvalue weighted by Gasteiger charge is 2.19. The van der Waals surface area contributed by atoms with Gasteiger partial charge in [0.15, 0.2) is 17.3 Å². The van der Waals surface area contributed by atoms with Crippen molar-refractivity contribution in [2.24, 2.45) is 0 Å². The molecule has 8 nitrogen and oxygen atoms in total. The summed E-state index contributed by atoms with van der Waals surface area (Å²) in [5.74, 6) is 2.55. The zero-order valence-corrected chi connectivity index (χ0v) is 14.4. The van der Waals surface area contributed by atoms with Gasteiger partial charge in [0.1, 0.15) is 5.76 Å². The van der Waals surface area contributed by atoms with Gasteiger partial charge in [0.05, 0.1) is 27.9 Å². The normalized spacial score (nSPS) is 10.2. The average molecular weight is 335 g/mol. The minimum atomic E-state index is -0.319. The van der Waals surface area contributed by atoms with E-state index in [2.05, 4.69) is 10.5 Å². The van der Waals surface area contributed by atoms with Crippen molar-refractivity contribution in [2.45, 2.75) is 13.5 Å². The minimum Gasteiger partial charge on any atom is -0.493 e. The second-order valence-electron chi connectivity index (χ2n) is 5.10. The molecule has 2 amide bonds. The first-order valence-electron chi connectivity index (χ1n) is 7.23. The number of nitrogens with zero attached hydrogens (tertiary/aromatic N) is 2. The molecule has 1 aromatic carbocycles. The van der Waals surface area contributed by atoms with Crippen LogP contribution in [0.3, 0.4) is 0 Å². The first-order valence-corrected chi connectivity index (χ1v) is 7.23. The van der Waals surface area contributed by atoms with Crippen molar-refractivity contribution in [2.75, 3.05) is 33.7 Å². The van der Waals surface area contributed by atoms with Crippen LogP contribution in [-0.4, -0.2) is 44.5 Å². The summed E-state index contributed by atoms with van der Waals surface area (Å²) in [6.45, 7) is 2.06. The number of hydrogen-bond acceptors (Lipinski definition) is 6. The van der Waals surface area contributed by atoms with E-state index in [1.807, 2.05) is 6.07 Å². The van der Waals surface area contributed by atoms with Crippen LogP contribution in [0, 0.1) is 6.92 Å². The fraction of sp³-hybridized carbons (Fsp3) is 0.375. The highest BCUT2D eigenvalue weighted by atomic mass is 16.5. The number of benzene rings is 1. The molecule has 0 aliphatic carbocycles. The number of carbonyl (C=O) groups is 1. The predicted octanol–water partition coefficient (Wildman–Crippen LogP) is 2.67. The summed E-state index contributed by atoms with van der Waals surface area (Å²) in [6, 6.07) is 4.91. The van der Waals surface area contributed by atoms with Crippen LogP contribution in [0.15, 0.2) is 22.7 Å². The van der Waals surface area contributed by atoms with Gasteiger partial charge in [-0.15, -0.1) is 0 Å². The van der Waals surface area contributed by atoms with Crippen LogP contribution in [0.25, 0.3) is 0 Å². The van der Waals surface area contributed by atoms with Gasteiger partial charge in [-0.05, 0) is 19.1 Å². The summed E-state index contributed by atoms with van der Waals surface area (Å²) in [5.41, 5.74) is 0.782. The highest BCUT2D eigenvalue weighted by molar-refractivity contribution is 5.88. The maximum Gasteiger partial charge on any atom is 0.323 e. The van der Waals surface area contributed by atoms with Crippen LogP contribution >= 0.6 is 0 Å². The molecule has 0 atom stereocenters. The van der Waals surface area contributed by atoms with E-state index in [1.165, 1.54) is 12.0 Å². The Morgan fingerprint density at radius 2 is 1.92 bits per heavy atom. The Bertz CT molecular complexity index is 714. The number of nitrogens with one attached hydrogen (secondary N) is 1. The van der Waals surface area contributed by atoms with Gasteiger partial charge in [-0.25, -0.2) is 4.79 Å². The largest absolute Gasteiger partial charge is 0.493 e. The molecule has 1 heterocycles. The third kappa shape index (κ3) is 3.70. The Kier molecular flexibility index (Phi) is 5.51. The fourth-order valence-electron chi connectivity index (χ4n) is 2.25. The molecule has 1 N–H and O–H groups in total. The van der Waals surface area contributed by atoms with Gasteiger partial charge >= 0.3 is 6.03 Å². The number of aryl methyl sites for hydroxylation is 1. The number of amides is 2. The highest BCUT2D eigenvalue weighted by Crippen LogP contribution is 2.40. The first kappa shape index (κ1) is 17.5. The van der Waals surface area contributed by atoms with E-state index in [9.17, 15) is 4.79 Å². The number of hydrogen-bond donors (Lipinski definition) is 1. The molecule has 0 aliphatic heterocycles. The van der Waals surface area contributed by atoms with Gasteiger partial charge in [0, 0.05) is 18.7 Å². The van der Waals surface area contributed by atoms with E-state index in [1.54, 1.807) is 40.3 Å². The molecular formula is C16H21N3O5. The number of urea groups is 1. The van der Waals surface area contributed by atoms with E-state index in [0.717, 1.165) is 5.56 Å². The Labute approximate surface area is 140 Å². The van der Waals surface area contributed by atoms with Crippen LogP contribution in [-0.2, 0) is 6.54 Å². The summed E-state index contributed by atoms with van der Waals surface area (Å²) in [7, 11) is 6.29. The molecular weight excluding hydrogens is 314 g/mol. The van der Waals surface area contributed by atoms with Gasteiger partial charge < -0.3 is 23.6 Å². The Balaban J connectivity index is 2.15. The van der Waals surface area contributed by atoms with E-state index in [0.29, 0.717) is 35.4 Å². The fourth-order valence-corrected chi connectivity index (χ4v) is 2.25. The standard InChI is InChI=1S/C16H21N3O5/c1-10-8-13(18-24-10)17-16(20)19(2)9-11-6-7-12(21-3)15(23-5)14(11)22-4/h6-8H,9H2,1-5H3,(H,17,18,20). The lowest BCUT2D eigenvalue weighted by atomic mass is 10.1. The lowest BCUT2D eigenvalue weighted by Gasteiger charge is -2.20. The second kappa shape index (κ2) is 7.58. The molecule has 0 unspecified atom stereocenters. The molecule has 1 aromatic heterocycles. The zero-order valence-electron chi connectivity index (χ0n) is 14.4. The molecule has 8 heteroatoms. The minimum absolute atomic E-state index is 0.312. The van der Waals surface area contributed by atoms with Crippen molar-refractivity contribution < 1.29 is 23.5 Å². The van der Waals surface area contributed by atoms with Crippen molar-refractivity contribution in [1.29, 1.82) is 0 Å². The molecule has 2 rings (SSSR count). The number of ether oxygens (including phenoxy) is 3. The van der Waals surface area contributed by atoms with Crippen molar-refractivity contribution in [3.05, 3.63) is 29.5 Å². The molecule has 24 heavy (non-hydrogen) atoms. The van der Waals surface area contributed by atoms with Gasteiger partial charge in [-0.1, -0.05) is 5.16 Å². The SMILES string of the molecule is COc1ccc(CN(C)C(=O)Nc2cc(C)on2)c(OC)c1OC. The monoisotopic (exact) mass is 335 g/mol. The van der Waals surface area contributed by atoms with Crippen molar-refractivity contribution in [1.82, 2.24) is 10.1 Å². The molecule has 0 saturated heterocycles. The van der Waals surface area contributed by atoms with Gasteiger partial charge in [-0.2, -0.15) is 0 Å². The predicted molar refractivity (Wildman–Crippen MR) is 87.8 cm³/mol. The van der Waals surface area contributed by atoms with Gasteiger partial charge in [0.25, 0.3) is 0 Å². The molecule has 0 fully saturated rings. The molecule has 2 aromatic rings. The van der Waals surface area contributed by atoms with Crippen LogP contribution in [0.5, 0.6) is 17.2 Å². The molecule has 0 spiro atoms. The molecule has 0 aliphatic rings. The Morgan fingerprint density at radius 1 is 1.21 bits per heavy atom. The van der Waals surface area contributed by atoms with Gasteiger partial charge in [0.2, 0.25) is 5.75 Å². The Morgan fingerprint density at radius 3 is 2.46 bits per heavy atom. The average Bonchev–Trinajstić information content (AvgIpc) is 2.98. The summed E-state index contributed by atoms with van der Waals surface area (Å²) >= 11 is 0. The van der Waals surface area contributed by atoms with Gasteiger partial charge in [-0.3, -0.25) is 5.32 Å². The van der Waals surface area contributed by atoms with Crippen LogP contribution < -0.4 is 19.5 Å². The maximum absolute atomic E-state index is 12.2. The third-order valence-electron chi connectivity index (χ3n) is 3.40. The molecule has 0 radical (unpaired) electrons. The van der Waals surface area contributed by atoms with Crippen LogP contribution in [0.2, 0.25) is 0 Å². The van der Waals surface area contributed by atoms with E-state index in [-0.39, 0.29) is 6.03 Å². The van der Waals surface area contributed by atoms with Crippen LogP contribution in [0.4, 0.5) is 10.6 Å². The van der Waals surface area contributed by atoms with Crippen molar-refractivity contribution in [3.63, 3.8) is 0 Å². The topological polar surface area (TPSA) is 86.1 Å². The first-order chi connectivity index (χ1) is 11.5. The second-order valence-corrected chi connectivity index (χ2v) is 5.10. The van der Waals surface area contributed by atoms with E-state index < -0.39 is 0 Å². The summed E-state index contributed by atoms with van der Waals surface area (Å²) < 4.78 is 20.9. The summed E-state index contributed by atoms with van der Waals surface area (Å²) in [5, 5.41) is 6.39. The Hall–Kier alpha value is -2.90. The number of rotatable bonds is 6. The summed E-state index contributed by atoms with van der Waals surface area (Å²) in [4.78, 5) is 13.7. The number of anilines is 1. The van der Waals surface area contributed by atoms with Crippen molar-refractivity contribution in [3.8, 4) is 17.2 Å². The molecule has 130 valence electrons. The number of aromatic nitrogens is 1. The van der Waals surface area contributed by atoms with Crippen molar-refractivity contribution >= 4 is 11.8 Å². The molecule has 0 saturated carbocycles. The summed E-state index contributed by atoms with van der Waals surface area (Å²) in [6.07, 6.45) is 0.